The van der Waals surface area contributed by atoms with Crippen molar-refractivity contribution in [2.24, 2.45) is 5.92 Å². The van der Waals surface area contributed by atoms with Crippen molar-refractivity contribution in [2.75, 3.05) is 13.2 Å². The predicted molar refractivity (Wildman–Crippen MR) is 106 cm³/mol. The van der Waals surface area contributed by atoms with Gasteiger partial charge in [-0.15, -0.1) is 0 Å². The molecule has 0 N–H and O–H groups in total. The van der Waals surface area contributed by atoms with Crippen LogP contribution in [0.25, 0.3) is 0 Å². The molecule has 146 valence electrons. The van der Waals surface area contributed by atoms with Crippen molar-refractivity contribution < 1.29 is 9.47 Å². The molecule has 2 heteroatoms. The topological polar surface area (TPSA) is 18.5 Å². The van der Waals surface area contributed by atoms with E-state index in [1.807, 2.05) is 0 Å². The minimum absolute atomic E-state index is 0.477. The lowest BCUT2D eigenvalue weighted by Gasteiger charge is -2.05. The van der Waals surface area contributed by atoms with Crippen molar-refractivity contribution in [1.29, 1.82) is 0 Å². The predicted octanol–water partition coefficient (Wildman–Crippen LogP) is 6.68. The van der Waals surface area contributed by atoms with Gasteiger partial charge in [0.25, 0.3) is 0 Å². The second kappa shape index (κ2) is 14.0. The van der Waals surface area contributed by atoms with E-state index in [0.29, 0.717) is 18.1 Å². The molecule has 0 amide bonds. The Bertz CT molecular complexity index is 300. The van der Waals surface area contributed by atoms with Crippen molar-refractivity contribution in [3.63, 3.8) is 0 Å². The molecule has 0 bridgehead atoms. The summed E-state index contributed by atoms with van der Waals surface area (Å²) in [4.78, 5) is 0. The molecule has 0 saturated heterocycles. The molecule has 2 aliphatic rings. The summed E-state index contributed by atoms with van der Waals surface area (Å²) in [6.45, 7) is 5.78. The van der Waals surface area contributed by atoms with Crippen LogP contribution < -0.4 is 0 Å². The molecule has 0 spiro atoms. The average molecular weight is 351 g/mol. The third-order valence-electron chi connectivity index (χ3n) is 5.54. The minimum atomic E-state index is 0.477. The Hall–Kier alpha value is -0.0800. The largest absolute Gasteiger partial charge is 0.378 e. The van der Waals surface area contributed by atoms with Crippen molar-refractivity contribution >= 4 is 0 Å². The number of hydrogen-bond donors (Lipinski definition) is 0. The fourth-order valence-corrected chi connectivity index (χ4v) is 3.50. The number of hydrogen-bond acceptors (Lipinski definition) is 2. The van der Waals surface area contributed by atoms with E-state index in [1.54, 1.807) is 0 Å². The molecule has 2 radical (unpaired) electrons. The molecule has 0 aromatic rings. The van der Waals surface area contributed by atoms with Crippen LogP contribution in [0.3, 0.4) is 0 Å². The third-order valence-corrected chi connectivity index (χ3v) is 5.54. The fraction of sp³-hybridized carbons (Fsp3) is 0.913. The van der Waals surface area contributed by atoms with E-state index in [9.17, 15) is 0 Å². The van der Waals surface area contributed by atoms with Crippen LogP contribution in [0.4, 0.5) is 0 Å². The molecule has 2 fully saturated rings. The van der Waals surface area contributed by atoms with E-state index in [4.69, 9.17) is 9.47 Å². The van der Waals surface area contributed by atoms with Crippen LogP contribution in [0.2, 0.25) is 0 Å². The van der Waals surface area contributed by atoms with Gasteiger partial charge in [0.2, 0.25) is 0 Å². The zero-order chi connectivity index (χ0) is 17.6. The molecule has 2 saturated carbocycles. The van der Waals surface area contributed by atoms with Crippen LogP contribution in [0.1, 0.15) is 103 Å². The molecule has 0 aliphatic heterocycles. The number of unbranched alkanes of at least 4 members (excludes halogenated alkanes) is 13. The maximum Gasteiger partial charge on any atom is 0.0630 e. The van der Waals surface area contributed by atoms with Gasteiger partial charge in [0, 0.05) is 12.5 Å². The molecular weight excluding hydrogens is 308 g/mol. The lowest BCUT2D eigenvalue weighted by Crippen LogP contribution is -2.05. The monoisotopic (exact) mass is 350 g/mol. The molecular formula is C23H42O2. The molecule has 2 aliphatic carbocycles. The quantitative estimate of drug-likeness (QED) is 0.242. The second-order valence-corrected chi connectivity index (χ2v) is 8.20. The first-order valence-electron chi connectivity index (χ1n) is 11.3. The fourth-order valence-electron chi connectivity index (χ4n) is 3.50. The molecule has 3 unspecified atom stereocenters. The van der Waals surface area contributed by atoms with Crippen LogP contribution in [0.15, 0.2) is 0 Å². The molecule has 3 atom stereocenters. The Morgan fingerprint density at radius 1 is 0.720 bits per heavy atom. The van der Waals surface area contributed by atoms with Gasteiger partial charge >= 0.3 is 0 Å². The van der Waals surface area contributed by atoms with E-state index >= 15 is 0 Å². The summed E-state index contributed by atoms with van der Waals surface area (Å²) < 4.78 is 11.6. The zero-order valence-corrected chi connectivity index (χ0v) is 16.6. The van der Waals surface area contributed by atoms with Crippen molar-refractivity contribution in [1.82, 2.24) is 0 Å². The maximum atomic E-state index is 5.93. The van der Waals surface area contributed by atoms with E-state index in [0.717, 1.165) is 26.1 Å². The van der Waals surface area contributed by atoms with E-state index in [1.165, 1.54) is 89.9 Å². The van der Waals surface area contributed by atoms with Gasteiger partial charge in [0.15, 0.2) is 0 Å². The smallest absolute Gasteiger partial charge is 0.0630 e. The van der Waals surface area contributed by atoms with Crippen LogP contribution in [0, 0.1) is 19.3 Å². The van der Waals surface area contributed by atoms with Gasteiger partial charge in [-0.1, -0.05) is 90.4 Å². The van der Waals surface area contributed by atoms with Crippen molar-refractivity contribution in [2.45, 2.75) is 115 Å². The van der Waals surface area contributed by atoms with Gasteiger partial charge < -0.3 is 9.47 Å². The first kappa shape index (κ1) is 21.2. The zero-order valence-electron chi connectivity index (χ0n) is 16.6. The van der Waals surface area contributed by atoms with Gasteiger partial charge in [-0.05, 0) is 25.7 Å². The number of ether oxygens (including phenoxy) is 2. The highest BCUT2D eigenvalue weighted by molar-refractivity contribution is 4.98. The molecule has 2 rings (SSSR count). The van der Waals surface area contributed by atoms with Gasteiger partial charge in [0.05, 0.1) is 18.8 Å². The van der Waals surface area contributed by atoms with E-state index in [-0.39, 0.29) is 0 Å². The van der Waals surface area contributed by atoms with Gasteiger partial charge in [-0.3, -0.25) is 0 Å². The molecule has 2 nitrogen and oxygen atoms in total. The van der Waals surface area contributed by atoms with Crippen LogP contribution in [0.5, 0.6) is 0 Å². The Balaban J connectivity index is 1.20. The highest BCUT2D eigenvalue weighted by atomic mass is 16.5. The first-order chi connectivity index (χ1) is 12.4. The summed E-state index contributed by atoms with van der Waals surface area (Å²) in [5.74, 6) is 0.692. The summed E-state index contributed by atoms with van der Waals surface area (Å²) in [6, 6.07) is 0. The SMILES string of the molecule is [CH2]CCCCCCCCCCCCCCCOC1CC1COC1[CH]C1. The van der Waals surface area contributed by atoms with Gasteiger partial charge in [-0.2, -0.15) is 0 Å². The lowest BCUT2D eigenvalue weighted by atomic mass is 10.0. The summed E-state index contributed by atoms with van der Waals surface area (Å²) in [5.41, 5.74) is 0. The summed E-state index contributed by atoms with van der Waals surface area (Å²) in [6.07, 6.45) is 24.9. The number of rotatable bonds is 19. The highest BCUT2D eigenvalue weighted by Gasteiger charge is 2.39. The van der Waals surface area contributed by atoms with E-state index in [2.05, 4.69) is 13.3 Å². The van der Waals surface area contributed by atoms with Crippen molar-refractivity contribution in [3.8, 4) is 0 Å². The third kappa shape index (κ3) is 12.0. The normalized spacial score (nSPS) is 22.4. The highest BCUT2D eigenvalue weighted by Crippen LogP contribution is 2.36. The van der Waals surface area contributed by atoms with Crippen LogP contribution in [-0.2, 0) is 9.47 Å². The minimum Gasteiger partial charge on any atom is -0.378 e. The Kier molecular flexibility index (Phi) is 11.9. The standard InChI is InChI=1S/C23H42O2/c1-2-3-4-5-6-7-8-9-10-11-12-13-14-15-18-24-23-19-21(23)20-25-22-16-17-22/h16,21-23H,1-15,17-20H2. The van der Waals surface area contributed by atoms with Gasteiger partial charge in [0.1, 0.15) is 0 Å². The summed E-state index contributed by atoms with van der Waals surface area (Å²) >= 11 is 0. The van der Waals surface area contributed by atoms with E-state index < -0.39 is 0 Å². The van der Waals surface area contributed by atoms with Crippen LogP contribution in [-0.4, -0.2) is 25.4 Å². The van der Waals surface area contributed by atoms with Crippen LogP contribution >= 0.6 is 0 Å². The Labute approximate surface area is 157 Å². The first-order valence-corrected chi connectivity index (χ1v) is 11.3. The molecule has 0 heterocycles. The summed E-state index contributed by atoms with van der Waals surface area (Å²) in [7, 11) is 0. The molecule has 0 aromatic carbocycles. The molecule has 25 heavy (non-hydrogen) atoms. The second-order valence-electron chi connectivity index (χ2n) is 8.20. The lowest BCUT2D eigenvalue weighted by molar-refractivity contribution is 0.0696. The van der Waals surface area contributed by atoms with Gasteiger partial charge in [-0.25, -0.2) is 0 Å². The Morgan fingerprint density at radius 2 is 1.24 bits per heavy atom. The Morgan fingerprint density at radius 3 is 1.76 bits per heavy atom. The molecule has 0 aromatic heterocycles. The van der Waals surface area contributed by atoms with Crippen molar-refractivity contribution in [3.05, 3.63) is 13.3 Å². The average Bonchev–Trinajstić information content (AvgIpc) is 3.52. The summed E-state index contributed by atoms with van der Waals surface area (Å²) in [5, 5.41) is 0. The maximum absolute atomic E-state index is 5.93.